The first-order valence-electron chi connectivity index (χ1n) is 9.37. The van der Waals surface area contributed by atoms with E-state index in [4.69, 9.17) is 0 Å². The van der Waals surface area contributed by atoms with E-state index in [0.29, 0.717) is 0 Å². The van der Waals surface area contributed by atoms with Crippen LogP contribution in [0.5, 0.6) is 0 Å². The van der Waals surface area contributed by atoms with E-state index in [1.807, 2.05) is 0 Å². The van der Waals surface area contributed by atoms with Gasteiger partial charge in [-0.05, 0) is 0 Å². The third kappa shape index (κ3) is 5.31. The summed E-state index contributed by atoms with van der Waals surface area (Å²) in [5.41, 5.74) is 0. The predicted octanol–water partition coefficient (Wildman–Crippen LogP) is 7.02. The van der Waals surface area contributed by atoms with Crippen LogP contribution < -0.4 is 0 Å². The molecule has 2 radical (unpaired) electrons. The van der Waals surface area contributed by atoms with Gasteiger partial charge in [-0.25, -0.2) is 0 Å². The summed E-state index contributed by atoms with van der Waals surface area (Å²) in [7, 11) is -5.78. The monoisotopic (exact) mass is 464 g/mol. The molecule has 138 valence electrons. The first-order chi connectivity index (χ1) is 9.59. The molecule has 0 spiro atoms. The summed E-state index contributed by atoms with van der Waals surface area (Å²) in [6.45, 7) is 40.7. The molecule has 23 heavy (non-hydrogen) atoms. The fourth-order valence-corrected chi connectivity index (χ4v) is 69.1. The van der Waals surface area contributed by atoms with E-state index >= 15 is 0 Å². The average Bonchev–Trinajstić information content (AvgIpc) is 2.05. The second-order valence-electron chi connectivity index (χ2n) is 12.8. The number of hydrogen-bond donors (Lipinski definition) is 0. The van der Waals surface area contributed by atoms with Crippen LogP contribution in [0, 0.1) is 0 Å². The van der Waals surface area contributed by atoms with Crippen molar-refractivity contribution in [2.75, 3.05) is 0 Å². The van der Waals surface area contributed by atoms with Gasteiger partial charge in [-0.3, -0.25) is 0 Å². The van der Waals surface area contributed by atoms with Crippen molar-refractivity contribution in [1.29, 1.82) is 0 Å². The van der Waals surface area contributed by atoms with Gasteiger partial charge in [-0.1, -0.05) is 0 Å². The third-order valence-electron chi connectivity index (χ3n) is 5.47. The molecule has 0 bridgehead atoms. The Morgan fingerprint density at radius 3 is 0.826 bits per heavy atom. The molecule has 0 aromatic carbocycles. The van der Waals surface area contributed by atoms with Gasteiger partial charge in [0.15, 0.2) is 0 Å². The van der Waals surface area contributed by atoms with Gasteiger partial charge < -0.3 is 0 Å². The summed E-state index contributed by atoms with van der Waals surface area (Å²) in [5.74, 6) is 0. The van der Waals surface area contributed by atoms with E-state index in [-0.39, 0.29) is 15.4 Å². The first-order valence-corrected chi connectivity index (χ1v) is 29.3. The number of hydrogen-bond acceptors (Lipinski definition) is 0. The summed E-state index contributed by atoms with van der Waals surface area (Å²) in [6.07, 6.45) is 0. The summed E-state index contributed by atoms with van der Waals surface area (Å²) < 4.78 is 2.04. The van der Waals surface area contributed by atoms with Crippen LogP contribution in [0.4, 0.5) is 0 Å². The molecular weight excluding hydrogens is 417 g/mol. The molecule has 0 fully saturated rings. The molecular formula is C17H46GeSi5. The van der Waals surface area contributed by atoms with Crippen molar-refractivity contribution in [3.63, 3.8) is 0 Å². The van der Waals surface area contributed by atoms with E-state index in [9.17, 15) is 0 Å². The van der Waals surface area contributed by atoms with Gasteiger partial charge in [-0.2, -0.15) is 0 Å². The summed E-state index contributed by atoms with van der Waals surface area (Å²) in [5, 5.41) is 0. The zero-order valence-electron chi connectivity index (χ0n) is 19.1. The molecule has 0 aliphatic rings. The zero-order valence-corrected chi connectivity index (χ0v) is 26.2. The van der Waals surface area contributed by atoms with Crippen molar-refractivity contribution in [3.8, 4) is 0 Å². The molecule has 0 aliphatic carbocycles. The van der Waals surface area contributed by atoms with E-state index in [0.717, 1.165) is 3.12 Å². The average molecular weight is 464 g/mol. The fraction of sp³-hybridized carbons (Fsp3) is 1.00. The van der Waals surface area contributed by atoms with Crippen LogP contribution in [0.1, 0.15) is 0 Å². The molecule has 0 N–H and O–H groups in total. The van der Waals surface area contributed by atoms with Crippen LogP contribution in [0.25, 0.3) is 0 Å². The predicted molar refractivity (Wildman–Crippen MR) is 129 cm³/mol. The van der Waals surface area contributed by atoms with Crippen molar-refractivity contribution in [2.45, 2.75) is 105 Å². The van der Waals surface area contributed by atoms with E-state index in [1.54, 1.807) is 0 Å². The summed E-state index contributed by atoms with van der Waals surface area (Å²) in [4.78, 5) is 0. The van der Waals surface area contributed by atoms with Crippen molar-refractivity contribution >= 4 is 55.8 Å². The molecule has 0 aromatic rings. The Morgan fingerprint density at radius 1 is 0.478 bits per heavy atom. The quantitative estimate of drug-likeness (QED) is 0.356. The van der Waals surface area contributed by atoms with E-state index < -0.39 is 40.4 Å². The zero-order chi connectivity index (χ0) is 19.3. The van der Waals surface area contributed by atoms with Crippen LogP contribution in [-0.4, -0.2) is 55.8 Å². The Kier molecular flexibility index (Phi) is 7.47. The van der Waals surface area contributed by atoms with Gasteiger partial charge >= 0.3 is 161 Å². The molecule has 0 aliphatic heterocycles. The molecule has 0 nitrogen and oxygen atoms in total. The Morgan fingerprint density at radius 2 is 0.696 bits per heavy atom. The first kappa shape index (κ1) is 24.6. The molecule has 0 rings (SSSR count). The van der Waals surface area contributed by atoms with Gasteiger partial charge in [0.1, 0.15) is 0 Å². The molecule has 0 saturated carbocycles. The van der Waals surface area contributed by atoms with E-state index in [1.165, 1.54) is 4.00 Å². The number of rotatable bonds is 7. The second-order valence-corrected chi connectivity index (χ2v) is 50.2. The maximum atomic E-state index is 2.73. The van der Waals surface area contributed by atoms with Crippen LogP contribution in [0.3, 0.4) is 0 Å². The van der Waals surface area contributed by atoms with Crippen LogP contribution in [0.2, 0.25) is 105 Å². The van der Waals surface area contributed by atoms with Gasteiger partial charge in [0.05, 0.1) is 0 Å². The maximum absolute atomic E-state index is 2.73. The molecule has 0 heterocycles. The molecule has 0 saturated heterocycles. The second kappa shape index (κ2) is 6.98. The standard InChI is InChI=1S/C17H46GeSi5/c1-19(2,3)16(20(4,5)6)18-17(21(7,8)9,22(10,11)12)23(13,14)15/h16H,1-15H3. The molecule has 6 heteroatoms. The molecule has 0 aromatic heterocycles. The van der Waals surface area contributed by atoms with Gasteiger partial charge in [-0.15, -0.1) is 0 Å². The van der Waals surface area contributed by atoms with Crippen molar-refractivity contribution < 1.29 is 0 Å². The van der Waals surface area contributed by atoms with Crippen molar-refractivity contribution in [2.24, 2.45) is 0 Å². The van der Waals surface area contributed by atoms with Crippen molar-refractivity contribution in [1.82, 2.24) is 0 Å². The fourth-order valence-electron chi connectivity index (χ4n) is 5.97. The SMILES string of the molecule is C[Si](C)(C)[CH]([Ge][C]([Si](C)(C)C)([Si](C)(C)C)[Si](C)(C)C)[Si](C)(C)C. The van der Waals surface area contributed by atoms with Gasteiger partial charge in [0.25, 0.3) is 0 Å². The Bertz CT molecular complexity index is 349. The topological polar surface area (TPSA) is 0 Å². The van der Waals surface area contributed by atoms with Crippen molar-refractivity contribution in [3.05, 3.63) is 0 Å². The molecule has 0 unspecified atom stereocenters. The normalized spacial score (nSPS) is 16.2. The third-order valence-corrected chi connectivity index (χ3v) is 64.7. The van der Waals surface area contributed by atoms with Gasteiger partial charge in [0, 0.05) is 0 Å². The van der Waals surface area contributed by atoms with E-state index in [2.05, 4.69) is 98.2 Å². The molecule has 0 amide bonds. The Labute approximate surface area is 160 Å². The Balaban J connectivity index is 6.52. The minimum atomic E-state index is -1.20. The van der Waals surface area contributed by atoms with Crippen LogP contribution in [-0.2, 0) is 0 Å². The van der Waals surface area contributed by atoms with Gasteiger partial charge in [0.2, 0.25) is 0 Å². The Hall–Kier alpha value is 1.63. The van der Waals surface area contributed by atoms with Crippen LogP contribution in [0.15, 0.2) is 0 Å². The van der Waals surface area contributed by atoms with Crippen LogP contribution >= 0.6 is 0 Å². The summed E-state index contributed by atoms with van der Waals surface area (Å²) >= 11 is 0.0864. The minimum absolute atomic E-state index is 0.0864. The molecule has 0 atom stereocenters. The summed E-state index contributed by atoms with van der Waals surface area (Å²) in [6, 6.07) is 0.